The van der Waals surface area contributed by atoms with Gasteiger partial charge in [-0.05, 0) is 33.8 Å². The van der Waals surface area contributed by atoms with Crippen molar-refractivity contribution in [2.45, 2.75) is 26.2 Å². The Labute approximate surface area is 121 Å². The van der Waals surface area contributed by atoms with Gasteiger partial charge in [-0.2, -0.15) is 0 Å². The van der Waals surface area contributed by atoms with Gasteiger partial charge in [0.2, 0.25) is 0 Å². The minimum absolute atomic E-state index is 0.115. The second kappa shape index (κ2) is 3.85. The SMILES string of the molecule is CC(C)C1=Cc2cccc3c2C2(C)C1=CC=CC2C=C3. The average molecular weight is 260 g/mol. The van der Waals surface area contributed by atoms with Crippen LogP contribution in [-0.4, -0.2) is 0 Å². The Morgan fingerprint density at radius 2 is 1.90 bits per heavy atom. The third-order valence-corrected chi connectivity index (χ3v) is 5.18. The quantitative estimate of drug-likeness (QED) is 0.656. The normalized spacial score (nSPS) is 29.1. The lowest BCUT2D eigenvalue weighted by Gasteiger charge is -2.47. The van der Waals surface area contributed by atoms with Gasteiger partial charge in [-0.25, -0.2) is 0 Å². The predicted octanol–water partition coefficient (Wildman–Crippen LogP) is 5.14. The molecular formula is C20H20. The first kappa shape index (κ1) is 12.0. The van der Waals surface area contributed by atoms with Crippen LogP contribution in [0.2, 0.25) is 0 Å². The summed E-state index contributed by atoms with van der Waals surface area (Å²) in [4.78, 5) is 0. The van der Waals surface area contributed by atoms with E-state index >= 15 is 0 Å². The summed E-state index contributed by atoms with van der Waals surface area (Å²) in [6.07, 6.45) is 14.0. The third kappa shape index (κ3) is 1.32. The minimum atomic E-state index is 0.115. The summed E-state index contributed by atoms with van der Waals surface area (Å²) in [5, 5.41) is 0. The van der Waals surface area contributed by atoms with Crippen LogP contribution >= 0.6 is 0 Å². The number of rotatable bonds is 1. The van der Waals surface area contributed by atoms with Crippen molar-refractivity contribution < 1.29 is 0 Å². The van der Waals surface area contributed by atoms with Gasteiger partial charge in [0, 0.05) is 11.3 Å². The Balaban J connectivity index is 2.11. The molecule has 100 valence electrons. The molecule has 2 atom stereocenters. The molecule has 4 rings (SSSR count). The molecule has 3 aliphatic carbocycles. The number of hydrogen-bond donors (Lipinski definition) is 0. The number of benzene rings is 1. The van der Waals surface area contributed by atoms with E-state index in [0.717, 1.165) is 0 Å². The van der Waals surface area contributed by atoms with Crippen LogP contribution in [0.4, 0.5) is 0 Å². The highest BCUT2D eigenvalue weighted by atomic mass is 14.5. The largest absolute Gasteiger partial charge is 0.0764 e. The fourth-order valence-corrected chi connectivity index (χ4v) is 4.15. The zero-order valence-electron chi connectivity index (χ0n) is 12.4. The summed E-state index contributed by atoms with van der Waals surface area (Å²) in [6, 6.07) is 6.71. The minimum Gasteiger partial charge on any atom is -0.0764 e. The van der Waals surface area contributed by atoms with Crippen LogP contribution in [0.15, 0.2) is 53.6 Å². The monoisotopic (exact) mass is 260 g/mol. The van der Waals surface area contributed by atoms with Crippen LogP contribution in [0.3, 0.4) is 0 Å². The van der Waals surface area contributed by atoms with Crippen molar-refractivity contribution >= 4 is 12.2 Å². The van der Waals surface area contributed by atoms with E-state index in [1.807, 2.05) is 0 Å². The second-order valence-electron chi connectivity index (χ2n) is 6.62. The molecule has 0 fully saturated rings. The molecule has 0 spiro atoms. The molecule has 0 aliphatic heterocycles. The number of allylic oxidation sites excluding steroid dienone is 6. The molecule has 0 saturated carbocycles. The zero-order valence-corrected chi connectivity index (χ0v) is 12.4. The van der Waals surface area contributed by atoms with Crippen molar-refractivity contribution in [1.29, 1.82) is 0 Å². The summed E-state index contributed by atoms with van der Waals surface area (Å²) >= 11 is 0. The van der Waals surface area contributed by atoms with Crippen LogP contribution in [0.25, 0.3) is 12.2 Å². The van der Waals surface area contributed by atoms with Crippen molar-refractivity contribution in [2.24, 2.45) is 11.8 Å². The molecule has 0 radical (unpaired) electrons. The van der Waals surface area contributed by atoms with Crippen molar-refractivity contribution in [3.63, 3.8) is 0 Å². The predicted molar refractivity (Wildman–Crippen MR) is 86.4 cm³/mol. The van der Waals surface area contributed by atoms with Crippen LogP contribution in [0.5, 0.6) is 0 Å². The lowest BCUT2D eigenvalue weighted by atomic mass is 9.56. The molecule has 0 N–H and O–H groups in total. The van der Waals surface area contributed by atoms with Gasteiger partial charge < -0.3 is 0 Å². The van der Waals surface area contributed by atoms with Gasteiger partial charge in [0.15, 0.2) is 0 Å². The maximum Gasteiger partial charge on any atom is 0.0286 e. The van der Waals surface area contributed by atoms with Gasteiger partial charge in [-0.15, -0.1) is 0 Å². The topological polar surface area (TPSA) is 0 Å². The summed E-state index contributed by atoms with van der Waals surface area (Å²) in [5.74, 6) is 1.05. The highest BCUT2D eigenvalue weighted by molar-refractivity contribution is 5.79. The molecule has 3 aliphatic rings. The van der Waals surface area contributed by atoms with Crippen LogP contribution in [0.1, 0.15) is 37.5 Å². The Morgan fingerprint density at radius 1 is 1.10 bits per heavy atom. The summed E-state index contributed by atoms with van der Waals surface area (Å²) < 4.78 is 0. The van der Waals surface area contributed by atoms with Gasteiger partial charge in [0.1, 0.15) is 0 Å². The molecule has 0 nitrogen and oxygen atoms in total. The van der Waals surface area contributed by atoms with Gasteiger partial charge >= 0.3 is 0 Å². The molecule has 2 unspecified atom stereocenters. The van der Waals surface area contributed by atoms with Gasteiger partial charge in [-0.3, -0.25) is 0 Å². The maximum absolute atomic E-state index is 2.42. The summed E-state index contributed by atoms with van der Waals surface area (Å²) in [7, 11) is 0. The maximum atomic E-state index is 2.42. The van der Waals surface area contributed by atoms with E-state index in [-0.39, 0.29) is 5.41 Å². The Bertz CT molecular complexity index is 710. The highest BCUT2D eigenvalue weighted by Crippen LogP contribution is 2.54. The van der Waals surface area contributed by atoms with Crippen molar-refractivity contribution in [2.75, 3.05) is 0 Å². The van der Waals surface area contributed by atoms with E-state index in [9.17, 15) is 0 Å². The molecule has 0 saturated heterocycles. The molecule has 0 bridgehead atoms. The summed E-state index contributed by atoms with van der Waals surface area (Å²) in [5.41, 5.74) is 7.46. The standard InChI is InChI=1S/C20H20/c1-13(2)17-12-15-7-4-6-14-10-11-16-8-5-9-18(17)20(16,3)19(14)15/h4-13,16H,1-3H3. The summed E-state index contributed by atoms with van der Waals surface area (Å²) in [6.45, 7) is 7.03. The van der Waals surface area contributed by atoms with E-state index in [0.29, 0.717) is 11.8 Å². The van der Waals surface area contributed by atoms with Crippen LogP contribution in [0, 0.1) is 11.8 Å². The first-order valence-electron chi connectivity index (χ1n) is 7.55. The Kier molecular flexibility index (Phi) is 2.30. The van der Waals surface area contributed by atoms with E-state index in [2.05, 4.69) is 75.4 Å². The fourth-order valence-electron chi connectivity index (χ4n) is 4.15. The molecule has 1 aromatic carbocycles. The number of hydrogen-bond acceptors (Lipinski definition) is 0. The lowest BCUT2D eigenvalue weighted by Crippen LogP contribution is -2.40. The Hall–Kier alpha value is -1.82. The average Bonchev–Trinajstić information content (AvgIpc) is 2.43. The smallest absolute Gasteiger partial charge is 0.0286 e. The first-order valence-corrected chi connectivity index (χ1v) is 7.55. The zero-order chi connectivity index (χ0) is 13.9. The second-order valence-corrected chi connectivity index (χ2v) is 6.62. The molecule has 0 aromatic heterocycles. The van der Waals surface area contributed by atoms with Gasteiger partial charge in [0.25, 0.3) is 0 Å². The molecule has 0 heteroatoms. The highest BCUT2D eigenvalue weighted by Gasteiger charge is 2.45. The molecule has 0 heterocycles. The van der Waals surface area contributed by atoms with E-state index in [1.54, 1.807) is 0 Å². The molecule has 20 heavy (non-hydrogen) atoms. The van der Waals surface area contributed by atoms with Gasteiger partial charge in [-0.1, -0.05) is 75.4 Å². The lowest BCUT2D eigenvalue weighted by molar-refractivity contribution is 0.455. The van der Waals surface area contributed by atoms with Crippen molar-refractivity contribution in [3.8, 4) is 0 Å². The third-order valence-electron chi connectivity index (χ3n) is 5.18. The van der Waals surface area contributed by atoms with Crippen molar-refractivity contribution in [3.05, 3.63) is 70.3 Å². The van der Waals surface area contributed by atoms with E-state index in [4.69, 9.17) is 0 Å². The van der Waals surface area contributed by atoms with E-state index < -0.39 is 0 Å². The molecular weight excluding hydrogens is 240 g/mol. The van der Waals surface area contributed by atoms with Crippen LogP contribution < -0.4 is 0 Å². The van der Waals surface area contributed by atoms with Gasteiger partial charge in [0.05, 0.1) is 0 Å². The Morgan fingerprint density at radius 3 is 2.70 bits per heavy atom. The van der Waals surface area contributed by atoms with Crippen LogP contribution in [-0.2, 0) is 5.41 Å². The molecule has 1 aromatic rings. The van der Waals surface area contributed by atoms with E-state index in [1.165, 1.54) is 27.8 Å². The fraction of sp³-hybridized carbons (Fsp3) is 0.300. The molecule has 0 amide bonds. The first-order chi connectivity index (χ1) is 9.62. The van der Waals surface area contributed by atoms with Crippen molar-refractivity contribution in [1.82, 2.24) is 0 Å².